The molecule has 0 nitrogen and oxygen atoms in total. The zero-order chi connectivity index (χ0) is 5.84. The summed E-state index contributed by atoms with van der Waals surface area (Å²) in [6.07, 6.45) is 7.07. The van der Waals surface area contributed by atoms with E-state index < -0.39 is 0 Å². The van der Waals surface area contributed by atoms with Crippen molar-refractivity contribution in [2.75, 3.05) is 0 Å². The second-order valence-electron chi connectivity index (χ2n) is 3.34. The van der Waals surface area contributed by atoms with Gasteiger partial charge in [-0.05, 0) is 43.3 Å². The topological polar surface area (TPSA) is 0 Å². The maximum absolute atomic E-state index is 1.78. The lowest BCUT2D eigenvalue weighted by molar-refractivity contribution is 1.50. The van der Waals surface area contributed by atoms with Crippen LogP contribution in [0.5, 0.6) is 0 Å². The monoisotopic (exact) mass is 118 g/mol. The molecule has 0 saturated heterocycles. The van der Waals surface area contributed by atoms with E-state index in [0.717, 1.165) is 0 Å². The summed E-state index contributed by atoms with van der Waals surface area (Å²) in [5, 5.41) is 0. The highest BCUT2D eigenvalue weighted by Gasteiger charge is 2.35. The van der Waals surface area contributed by atoms with Crippen molar-refractivity contribution in [2.24, 2.45) is 0 Å². The van der Waals surface area contributed by atoms with Gasteiger partial charge in [-0.25, -0.2) is 0 Å². The Labute approximate surface area is 55.3 Å². The normalized spacial score (nSPS) is 29.3. The molecule has 0 aromatic carbocycles. The van der Waals surface area contributed by atoms with Crippen LogP contribution in [0.25, 0.3) is 0 Å². The van der Waals surface area contributed by atoms with Crippen molar-refractivity contribution in [2.45, 2.75) is 32.1 Å². The van der Waals surface area contributed by atoms with Gasteiger partial charge in [-0.15, -0.1) is 0 Å². The third kappa shape index (κ3) is 0.592. The summed E-state index contributed by atoms with van der Waals surface area (Å²) in [5.41, 5.74) is 7.10. The second-order valence-corrected chi connectivity index (χ2v) is 3.34. The molecule has 0 radical (unpaired) electrons. The van der Waals surface area contributed by atoms with Crippen molar-refractivity contribution < 1.29 is 0 Å². The van der Waals surface area contributed by atoms with Gasteiger partial charge in [0.05, 0.1) is 0 Å². The van der Waals surface area contributed by atoms with Crippen molar-refractivity contribution in [1.29, 1.82) is 0 Å². The fourth-order valence-corrected chi connectivity index (χ4v) is 1.54. The molecule has 46 valence electrons. The first-order chi connectivity index (χ1) is 4.45. The minimum Gasteiger partial charge on any atom is -0.0658 e. The average molecular weight is 118 g/mol. The van der Waals surface area contributed by atoms with Crippen molar-refractivity contribution in [3.63, 3.8) is 0 Å². The third-order valence-corrected chi connectivity index (χ3v) is 2.45. The first kappa shape index (κ1) is 4.32. The molecule has 0 aromatic rings. The Morgan fingerprint density at radius 1 is 0.667 bits per heavy atom. The lowest BCUT2D eigenvalue weighted by atomic mass is 10.4. The molecule has 0 heterocycles. The van der Waals surface area contributed by atoms with E-state index >= 15 is 0 Å². The minimum absolute atomic E-state index is 1.38. The fraction of sp³-hybridized carbons (Fsp3) is 0.556. The predicted molar refractivity (Wildman–Crippen MR) is 37.1 cm³/mol. The Bertz CT molecular complexity index is 203. The lowest BCUT2D eigenvalue weighted by Crippen LogP contribution is -1.45. The summed E-state index contributed by atoms with van der Waals surface area (Å²) in [6, 6.07) is 0. The molecule has 3 fully saturated rings. The van der Waals surface area contributed by atoms with Crippen LogP contribution in [-0.2, 0) is 0 Å². The summed E-state index contributed by atoms with van der Waals surface area (Å²) < 4.78 is 0. The first-order valence-electron chi connectivity index (χ1n) is 3.87. The molecule has 9 heavy (non-hydrogen) atoms. The van der Waals surface area contributed by atoms with Crippen molar-refractivity contribution in [3.05, 3.63) is 22.3 Å². The molecule has 0 unspecified atom stereocenters. The molecule has 0 atom stereocenters. The molecule has 3 saturated carbocycles. The van der Waals surface area contributed by atoms with E-state index in [2.05, 4.69) is 0 Å². The van der Waals surface area contributed by atoms with Crippen LogP contribution in [0, 0.1) is 0 Å². The van der Waals surface area contributed by atoms with Crippen LogP contribution in [0.4, 0.5) is 0 Å². The Kier molecular flexibility index (Phi) is 0.555. The molecule has 0 spiro atoms. The molecule has 3 aliphatic rings. The van der Waals surface area contributed by atoms with E-state index in [0.29, 0.717) is 0 Å². The highest BCUT2D eigenvalue weighted by Crippen LogP contribution is 2.53. The molecule has 0 aromatic heterocycles. The first-order valence-corrected chi connectivity index (χ1v) is 3.87. The minimum atomic E-state index is 1.38. The van der Waals surface area contributed by atoms with Gasteiger partial charge in [-0.1, -0.05) is 11.1 Å². The van der Waals surface area contributed by atoms with E-state index in [-0.39, 0.29) is 0 Å². The Balaban J connectivity index is 2.03. The van der Waals surface area contributed by atoms with Crippen LogP contribution >= 0.6 is 0 Å². The van der Waals surface area contributed by atoms with Gasteiger partial charge in [0.2, 0.25) is 0 Å². The zero-order valence-corrected chi connectivity index (χ0v) is 5.54. The second kappa shape index (κ2) is 1.16. The van der Waals surface area contributed by atoms with Gasteiger partial charge >= 0.3 is 0 Å². The molecule has 0 N–H and O–H groups in total. The van der Waals surface area contributed by atoms with Crippen LogP contribution in [0.2, 0.25) is 0 Å². The number of rotatable bonds is 0. The fourth-order valence-electron chi connectivity index (χ4n) is 1.54. The van der Waals surface area contributed by atoms with Crippen molar-refractivity contribution >= 4 is 0 Å². The van der Waals surface area contributed by atoms with Gasteiger partial charge < -0.3 is 0 Å². The number of hydrogen-bond acceptors (Lipinski definition) is 0. The van der Waals surface area contributed by atoms with E-state index in [1.54, 1.807) is 22.3 Å². The Hall–Kier alpha value is -0.520. The van der Waals surface area contributed by atoms with Crippen LogP contribution in [0.1, 0.15) is 32.1 Å². The molecule has 0 amide bonds. The molecule has 0 bridgehead atoms. The molecular weight excluding hydrogens is 108 g/mol. The van der Waals surface area contributed by atoms with Crippen molar-refractivity contribution in [3.8, 4) is 0 Å². The quantitative estimate of drug-likeness (QED) is 0.458. The Morgan fingerprint density at radius 2 is 1.11 bits per heavy atom. The average Bonchev–Trinajstić information content (AvgIpc) is 2.67. The van der Waals surface area contributed by atoms with Crippen LogP contribution in [0.3, 0.4) is 0 Å². The molecule has 0 heteroatoms. The van der Waals surface area contributed by atoms with Crippen molar-refractivity contribution in [1.82, 2.24) is 0 Å². The van der Waals surface area contributed by atoms with Crippen LogP contribution in [0.15, 0.2) is 22.3 Å². The van der Waals surface area contributed by atoms with Gasteiger partial charge in [0.1, 0.15) is 0 Å². The molecular formula is C9H10. The van der Waals surface area contributed by atoms with Crippen LogP contribution < -0.4 is 0 Å². The standard InChI is InChI=1S/C9H10/c1-2-6(1)8-5-9(8)7-3-4-7/h1-5H2. The SMILES string of the molecule is C1CC1=C1CC1=C1CC1. The van der Waals surface area contributed by atoms with Gasteiger partial charge in [0, 0.05) is 0 Å². The summed E-state index contributed by atoms with van der Waals surface area (Å²) in [4.78, 5) is 0. The van der Waals surface area contributed by atoms with Crippen LogP contribution in [-0.4, -0.2) is 0 Å². The summed E-state index contributed by atoms with van der Waals surface area (Å²) in [6.45, 7) is 0. The summed E-state index contributed by atoms with van der Waals surface area (Å²) in [5.74, 6) is 0. The smallest absolute Gasteiger partial charge is 0.00210 e. The van der Waals surface area contributed by atoms with E-state index in [4.69, 9.17) is 0 Å². The third-order valence-electron chi connectivity index (χ3n) is 2.45. The lowest BCUT2D eigenvalue weighted by Gasteiger charge is -1.65. The van der Waals surface area contributed by atoms with Gasteiger partial charge in [-0.3, -0.25) is 0 Å². The maximum atomic E-state index is 1.78. The van der Waals surface area contributed by atoms with Gasteiger partial charge in [0.15, 0.2) is 0 Å². The largest absolute Gasteiger partial charge is 0.0658 e. The highest BCUT2D eigenvalue weighted by molar-refractivity contribution is 5.60. The summed E-state index contributed by atoms with van der Waals surface area (Å²) in [7, 11) is 0. The highest BCUT2D eigenvalue weighted by atomic mass is 14.4. The Morgan fingerprint density at radius 3 is 1.44 bits per heavy atom. The van der Waals surface area contributed by atoms with E-state index in [1.807, 2.05) is 0 Å². The van der Waals surface area contributed by atoms with E-state index in [9.17, 15) is 0 Å². The molecule has 0 aliphatic heterocycles. The van der Waals surface area contributed by atoms with Gasteiger partial charge in [-0.2, -0.15) is 0 Å². The predicted octanol–water partition coefficient (Wildman–Crippen LogP) is 2.57. The maximum Gasteiger partial charge on any atom is -0.00210 e. The van der Waals surface area contributed by atoms with E-state index in [1.165, 1.54) is 32.1 Å². The summed E-state index contributed by atoms with van der Waals surface area (Å²) >= 11 is 0. The molecule has 3 rings (SSSR count). The number of allylic oxidation sites excluding steroid dienone is 4. The van der Waals surface area contributed by atoms with Gasteiger partial charge in [0.25, 0.3) is 0 Å². The molecule has 3 aliphatic carbocycles. The number of hydrogen-bond donors (Lipinski definition) is 0. The zero-order valence-electron chi connectivity index (χ0n) is 5.54.